The molecule has 6 nitrogen and oxygen atoms in total. The van der Waals surface area contributed by atoms with Gasteiger partial charge in [0.25, 0.3) is 5.91 Å². The molecule has 0 aromatic heterocycles. The SMILES string of the molecule is CC(C)(C)OC(=O)N1CC2(CC(NC(=O)COc3ccc(Cl)c(F)c3)C2)C1. The minimum Gasteiger partial charge on any atom is -0.484 e. The van der Waals surface area contributed by atoms with E-state index in [1.54, 1.807) is 4.90 Å². The third-order valence-corrected chi connectivity index (χ3v) is 5.00. The lowest BCUT2D eigenvalue weighted by atomic mass is 9.61. The monoisotopic (exact) mass is 398 g/mol. The van der Waals surface area contributed by atoms with Crippen LogP contribution in [0.5, 0.6) is 5.75 Å². The zero-order chi connectivity index (χ0) is 19.8. The van der Waals surface area contributed by atoms with Crippen LogP contribution in [0.4, 0.5) is 9.18 Å². The van der Waals surface area contributed by atoms with Gasteiger partial charge in [0.05, 0.1) is 5.02 Å². The van der Waals surface area contributed by atoms with Crippen LogP contribution in [-0.2, 0) is 9.53 Å². The Morgan fingerprint density at radius 2 is 2.00 bits per heavy atom. The van der Waals surface area contributed by atoms with Crippen molar-refractivity contribution in [2.45, 2.75) is 45.3 Å². The van der Waals surface area contributed by atoms with Gasteiger partial charge in [-0.3, -0.25) is 4.79 Å². The van der Waals surface area contributed by atoms with E-state index in [0.29, 0.717) is 13.1 Å². The second-order valence-electron chi connectivity index (χ2n) is 8.37. The highest BCUT2D eigenvalue weighted by Gasteiger charge is 2.54. The summed E-state index contributed by atoms with van der Waals surface area (Å²) in [7, 11) is 0. The zero-order valence-corrected chi connectivity index (χ0v) is 16.4. The summed E-state index contributed by atoms with van der Waals surface area (Å²) in [5, 5.41) is 2.91. The van der Waals surface area contributed by atoms with Crippen molar-refractivity contribution in [1.82, 2.24) is 10.2 Å². The number of rotatable bonds is 4. The summed E-state index contributed by atoms with van der Waals surface area (Å²) in [6.07, 6.45) is 1.37. The van der Waals surface area contributed by atoms with Gasteiger partial charge in [0.2, 0.25) is 0 Å². The van der Waals surface area contributed by atoms with Crippen molar-refractivity contribution in [3.8, 4) is 5.75 Å². The molecule has 2 amide bonds. The first-order valence-corrected chi connectivity index (χ1v) is 9.28. The molecule has 0 unspecified atom stereocenters. The van der Waals surface area contributed by atoms with E-state index in [0.717, 1.165) is 18.9 Å². The van der Waals surface area contributed by atoms with E-state index in [-0.39, 0.29) is 40.8 Å². The molecule has 1 saturated carbocycles. The fraction of sp³-hybridized carbons (Fsp3) is 0.579. The lowest BCUT2D eigenvalue weighted by Crippen LogP contribution is -2.68. The van der Waals surface area contributed by atoms with Crippen LogP contribution in [-0.4, -0.2) is 48.2 Å². The summed E-state index contributed by atoms with van der Waals surface area (Å²) in [6, 6.07) is 4.11. The maximum Gasteiger partial charge on any atom is 0.410 e. The second kappa shape index (κ2) is 7.19. The minimum atomic E-state index is -0.588. The van der Waals surface area contributed by atoms with Crippen LogP contribution in [0.1, 0.15) is 33.6 Å². The fourth-order valence-electron chi connectivity index (χ4n) is 3.55. The van der Waals surface area contributed by atoms with Crippen LogP contribution in [0.25, 0.3) is 0 Å². The smallest absolute Gasteiger partial charge is 0.410 e. The number of hydrogen-bond acceptors (Lipinski definition) is 4. The van der Waals surface area contributed by atoms with Crippen molar-refractivity contribution in [2.24, 2.45) is 5.41 Å². The third-order valence-electron chi connectivity index (χ3n) is 4.69. The normalized spacial score (nSPS) is 18.5. The Morgan fingerprint density at radius 3 is 2.59 bits per heavy atom. The molecule has 148 valence electrons. The molecule has 2 aliphatic rings. The van der Waals surface area contributed by atoms with Crippen molar-refractivity contribution in [2.75, 3.05) is 19.7 Å². The maximum atomic E-state index is 13.3. The summed E-state index contributed by atoms with van der Waals surface area (Å²) < 4.78 is 24.0. The van der Waals surface area contributed by atoms with Gasteiger partial charge in [0, 0.05) is 30.6 Å². The molecule has 0 atom stereocenters. The second-order valence-corrected chi connectivity index (χ2v) is 8.78. The van der Waals surface area contributed by atoms with Gasteiger partial charge in [-0.25, -0.2) is 9.18 Å². The predicted molar refractivity (Wildman–Crippen MR) is 98.3 cm³/mol. The van der Waals surface area contributed by atoms with Crippen molar-refractivity contribution < 1.29 is 23.5 Å². The van der Waals surface area contributed by atoms with Crippen LogP contribution in [0, 0.1) is 11.2 Å². The molecule has 1 aliphatic carbocycles. The van der Waals surface area contributed by atoms with E-state index < -0.39 is 11.4 Å². The molecule has 1 spiro atoms. The van der Waals surface area contributed by atoms with Gasteiger partial charge in [-0.15, -0.1) is 0 Å². The molecule has 1 saturated heterocycles. The average molecular weight is 399 g/mol. The average Bonchev–Trinajstić information content (AvgIpc) is 2.47. The zero-order valence-electron chi connectivity index (χ0n) is 15.7. The Kier molecular flexibility index (Phi) is 5.25. The predicted octanol–water partition coefficient (Wildman–Crippen LogP) is 3.37. The number of ether oxygens (including phenoxy) is 2. The fourth-order valence-corrected chi connectivity index (χ4v) is 3.67. The first kappa shape index (κ1) is 19.7. The minimum absolute atomic E-state index is 0.00694. The van der Waals surface area contributed by atoms with Crippen molar-refractivity contribution >= 4 is 23.6 Å². The molecule has 0 bridgehead atoms. The Labute approximate surface area is 162 Å². The molecule has 1 aliphatic heterocycles. The molecule has 1 N–H and O–H groups in total. The van der Waals surface area contributed by atoms with Gasteiger partial charge in [0.1, 0.15) is 17.2 Å². The molecule has 2 fully saturated rings. The number of carbonyl (C=O) groups excluding carboxylic acids is 2. The summed E-state index contributed by atoms with van der Waals surface area (Å²) in [6.45, 7) is 6.67. The van der Waals surface area contributed by atoms with Gasteiger partial charge in [-0.2, -0.15) is 0 Å². The molecule has 8 heteroatoms. The standard InChI is InChI=1S/C19H24ClFN2O4/c1-18(2,3)27-17(25)23-10-19(11-23)7-12(8-19)22-16(24)9-26-13-4-5-14(20)15(21)6-13/h4-6,12H,7-11H2,1-3H3,(H,22,24). The summed E-state index contributed by atoms with van der Waals surface area (Å²) in [4.78, 5) is 25.6. The highest BCUT2D eigenvalue weighted by molar-refractivity contribution is 6.30. The van der Waals surface area contributed by atoms with Crippen LogP contribution in [0.15, 0.2) is 18.2 Å². The quantitative estimate of drug-likeness (QED) is 0.844. The van der Waals surface area contributed by atoms with E-state index >= 15 is 0 Å². The molecule has 3 rings (SSSR count). The lowest BCUT2D eigenvalue weighted by molar-refractivity contribution is -0.128. The van der Waals surface area contributed by atoms with Gasteiger partial charge in [-0.1, -0.05) is 11.6 Å². The Bertz CT molecular complexity index is 736. The van der Waals surface area contributed by atoms with Gasteiger partial charge in [0.15, 0.2) is 6.61 Å². The molecule has 0 radical (unpaired) electrons. The van der Waals surface area contributed by atoms with E-state index in [4.69, 9.17) is 21.1 Å². The third kappa shape index (κ3) is 4.83. The van der Waals surface area contributed by atoms with Gasteiger partial charge < -0.3 is 19.7 Å². The highest BCUT2D eigenvalue weighted by Crippen LogP contribution is 2.48. The number of benzene rings is 1. The molecular weight excluding hydrogens is 375 g/mol. The molecular formula is C19H24ClFN2O4. The Morgan fingerprint density at radius 1 is 1.33 bits per heavy atom. The van der Waals surface area contributed by atoms with Crippen LogP contribution in [0.3, 0.4) is 0 Å². The van der Waals surface area contributed by atoms with Gasteiger partial charge in [-0.05, 0) is 45.7 Å². The largest absolute Gasteiger partial charge is 0.484 e. The summed E-state index contributed by atoms with van der Waals surface area (Å²) in [5.74, 6) is -0.590. The van der Waals surface area contributed by atoms with E-state index in [1.807, 2.05) is 20.8 Å². The molecule has 1 aromatic carbocycles. The number of nitrogens with one attached hydrogen (secondary N) is 1. The number of amides is 2. The van der Waals surface area contributed by atoms with Crippen molar-refractivity contribution in [1.29, 1.82) is 0 Å². The number of halogens is 2. The topological polar surface area (TPSA) is 67.9 Å². The molecule has 1 heterocycles. The number of carbonyl (C=O) groups is 2. The van der Waals surface area contributed by atoms with Gasteiger partial charge >= 0.3 is 6.09 Å². The van der Waals surface area contributed by atoms with E-state index in [9.17, 15) is 14.0 Å². The Hall–Kier alpha value is -2.02. The summed E-state index contributed by atoms with van der Waals surface area (Å²) in [5.41, 5.74) is -0.405. The first-order chi connectivity index (χ1) is 12.6. The first-order valence-electron chi connectivity index (χ1n) is 8.90. The summed E-state index contributed by atoms with van der Waals surface area (Å²) >= 11 is 5.60. The van der Waals surface area contributed by atoms with E-state index in [1.165, 1.54) is 12.1 Å². The number of hydrogen-bond donors (Lipinski definition) is 1. The Balaban J connectivity index is 1.35. The molecule has 1 aromatic rings. The lowest BCUT2D eigenvalue weighted by Gasteiger charge is -2.58. The number of likely N-dealkylation sites (tertiary alicyclic amines) is 1. The van der Waals surface area contributed by atoms with Crippen LogP contribution in [0.2, 0.25) is 5.02 Å². The van der Waals surface area contributed by atoms with Crippen molar-refractivity contribution in [3.05, 3.63) is 29.0 Å². The van der Waals surface area contributed by atoms with Crippen molar-refractivity contribution in [3.63, 3.8) is 0 Å². The highest BCUT2D eigenvalue weighted by atomic mass is 35.5. The van der Waals surface area contributed by atoms with E-state index in [2.05, 4.69) is 5.32 Å². The number of nitrogens with zero attached hydrogens (tertiary/aromatic N) is 1. The molecule has 27 heavy (non-hydrogen) atoms. The van der Waals surface area contributed by atoms with Crippen LogP contribution < -0.4 is 10.1 Å². The maximum absolute atomic E-state index is 13.3. The van der Waals surface area contributed by atoms with Crippen LogP contribution >= 0.6 is 11.6 Å².